The van der Waals surface area contributed by atoms with Gasteiger partial charge in [-0.1, -0.05) is 18.2 Å². The van der Waals surface area contributed by atoms with Crippen LogP contribution >= 0.6 is 0 Å². The number of pyridine rings is 1. The number of likely N-dealkylation sites (tertiary alicyclic amines) is 1. The Morgan fingerprint density at radius 3 is 2.58 bits per heavy atom. The largest absolute Gasteiger partial charge is 0.324 e. The number of aryl methyl sites for hydroxylation is 2. The second-order valence-electron chi connectivity index (χ2n) is 6.91. The van der Waals surface area contributed by atoms with Crippen molar-refractivity contribution in [2.24, 2.45) is 0 Å². The van der Waals surface area contributed by atoms with Crippen molar-refractivity contribution in [1.82, 2.24) is 9.88 Å². The van der Waals surface area contributed by atoms with Crippen molar-refractivity contribution in [2.75, 3.05) is 25.0 Å². The summed E-state index contributed by atoms with van der Waals surface area (Å²) in [6, 6.07) is 11.9. The second kappa shape index (κ2) is 8.11. The van der Waals surface area contributed by atoms with Gasteiger partial charge in [-0.15, -0.1) is 0 Å². The number of piperidine rings is 1. The summed E-state index contributed by atoms with van der Waals surface area (Å²) in [5, 5.41) is 12.3. The molecule has 3 rings (SSSR count). The van der Waals surface area contributed by atoms with E-state index in [4.69, 9.17) is 0 Å². The molecule has 134 valence electrons. The van der Waals surface area contributed by atoms with Crippen molar-refractivity contribution in [3.05, 3.63) is 58.9 Å². The lowest BCUT2D eigenvalue weighted by molar-refractivity contribution is -0.117. The molecular formula is C21H24N4O. The number of aromatic nitrogens is 1. The number of nitrogens with one attached hydrogen (secondary N) is 1. The lowest BCUT2D eigenvalue weighted by Gasteiger charge is -2.31. The van der Waals surface area contributed by atoms with E-state index in [-0.39, 0.29) is 5.91 Å². The third-order valence-electron chi connectivity index (χ3n) is 5.05. The molecule has 1 N–H and O–H groups in total. The Hall–Kier alpha value is -2.71. The van der Waals surface area contributed by atoms with E-state index < -0.39 is 0 Å². The summed E-state index contributed by atoms with van der Waals surface area (Å²) < 4.78 is 0. The SMILES string of the molecule is Cc1cccc(C)c1NC(=O)CN1CCC(c2ncccc2C#N)CC1. The van der Waals surface area contributed by atoms with Crippen molar-refractivity contribution in [2.45, 2.75) is 32.6 Å². The molecule has 1 fully saturated rings. The van der Waals surface area contributed by atoms with Crippen LogP contribution in [0.2, 0.25) is 0 Å². The summed E-state index contributed by atoms with van der Waals surface area (Å²) >= 11 is 0. The monoisotopic (exact) mass is 348 g/mol. The number of para-hydroxylation sites is 1. The van der Waals surface area contributed by atoms with E-state index >= 15 is 0 Å². The van der Waals surface area contributed by atoms with Gasteiger partial charge in [-0.3, -0.25) is 14.7 Å². The van der Waals surface area contributed by atoms with Crippen LogP contribution in [0, 0.1) is 25.2 Å². The molecule has 0 atom stereocenters. The van der Waals surface area contributed by atoms with Gasteiger partial charge in [0.1, 0.15) is 6.07 Å². The first-order chi connectivity index (χ1) is 12.6. The van der Waals surface area contributed by atoms with Crippen molar-refractivity contribution < 1.29 is 4.79 Å². The van der Waals surface area contributed by atoms with E-state index in [0.717, 1.165) is 48.4 Å². The average molecular weight is 348 g/mol. The van der Waals surface area contributed by atoms with Gasteiger partial charge in [0.25, 0.3) is 0 Å². The molecule has 2 heterocycles. The van der Waals surface area contributed by atoms with Crippen LogP contribution in [0.3, 0.4) is 0 Å². The molecule has 0 spiro atoms. The molecule has 5 heteroatoms. The van der Waals surface area contributed by atoms with Crippen LogP contribution in [-0.2, 0) is 4.79 Å². The van der Waals surface area contributed by atoms with Crippen LogP contribution in [0.15, 0.2) is 36.5 Å². The van der Waals surface area contributed by atoms with E-state index in [9.17, 15) is 10.1 Å². The molecule has 0 bridgehead atoms. The summed E-state index contributed by atoms with van der Waals surface area (Å²) in [7, 11) is 0. The number of nitrogens with zero attached hydrogens (tertiary/aromatic N) is 3. The van der Waals surface area contributed by atoms with E-state index in [1.807, 2.05) is 38.1 Å². The van der Waals surface area contributed by atoms with Crippen molar-refractivity contribution in [3.63, 3.8) is 0 Å². The zero-order valence-corrected chi connectivity index (χ0v) is 15.3. The molecule has 0 saturated carbocycles. The molecule has 26 heavy (non-hydrogen) atoms. The van der Waals surface area contributed by atoms with E-state index in [0.29, 0.717) is 18.0 Å². The molecule has 1 aromatic heterocycles. The van der Waals surface area contributed by atoms with Crippen LogP contribution in [0.25, 0.3) is 0 Å². The van der Waals surface area contributed by atoms with Gasteiger partial charge in [0.15, 0.2) is 0 Å². The predicted octanol–water partition coefficient (Wildman–Crippen LogP) is 3.39. The molecule has 1 amide bonds. The van der Waals surface area contributed by atoms with Crippen LogP contribution in [0.1, 0.15) is 41.1 Å². The highest BCUT2D eigenvalue weighted by atomic mass is 16.2. The molecule has 1 aliphatic heterocycles. The lowest BCUT2D eigenvalue weighted by Crippen LogP contribution is -2.39. The van der Waals surface area contributed by atoms with Crippen LogP contribution in [0.4, 0.5) is 5.69 Å². The Morgan fingerprint density at radius 1 is 1.23 bits per heavy atom. The molecule has 0 unspecified atom stereocenters. The third-order valence-corrected chi connectivity index (χ3v) is 5.05. The summed E-state index contributed by atoms with van der Waals surface area (Å²) in [5.74, 6) is 0.320. The quantitative estimate of drug-likeness (QED) is 0.919. The molecule has 0 radical (unpaired) electrons. The first-order valence-electron chi connectivity index (χ1n) is 9.02. The van der Waals surface area contributed by atoms with Crippen molar-refractivity contribution in [3.8, 4) is 6.07 Å². The number of hydrogen-bond acceptors (Lipinski definition) is 4. The van der Waals surface area contributed by atoms with E-state index in [1.54, 1.807) is 12.3 Å². The number of anilines is 1. The number of amides is 1. The summed E-state index contributed by atoms with van der Waals surface area (Å²) in [6.07, 6.45) is 3.59. The van der Waals surface area contributed by atoms with Gasteiger partial charge in [0, 0.05) is 17.8 Å². The van der Waals surface area contributed by atoms with Crippen LogP contribution in [-0.4, -0.2) is 35.4 Å². The zero-order chi connectivity index (χ0) is 18.5. The number of nitriles is 1. The van der Waals surface area contributed by atoms with Crippen LogP contribution in [0.5, 0.6) is 0 Å². The molecule has 2 aromatic rings. The minimum Gasteiger partial charge on any atom is -0.324 e. The average Bonchev–Trinajstić information content (AvgIpc) is 2.65. The Balaban J connectivity index is 1.56. The predicted molar refractivity (Wildman–Crippen MR) is 102 cm³/mol. The van der Waals surface area contributed by atoms with Gasteiger partial charge in [0.05, 0.1) is 17.8 Å². The Kier molecular flexibility index (Phi) is 5.65. The Bertz CT molecular complexity index is 812. The van der Waals surface area contributed by atoms with Gasteiger partial charge < -0.3 is 5.32 Å². The first kappa shape index (κ1) is 18.1. The topological polar surface area (TPSA) is 69.0 Å². The standard InChI is InChI=1S/C21H24N4O/c1-15-5-3-6-16(2)20(15)24-19(26)14-25-11-8-17(9-12-25)21-18(13-22)7-4-10-23-21/h3-7,10,17H,8-9,11-12,14H2,1-2H3,(H,24,26). The summed E-state index contributed by atoms with van der Waals surface area (Å²) in [5.41, 5.74) is 4.64. The number of benzene rings is 1. The number of rotatable bonds is 4. The highest BCUT2D eigenvalue weighted by molar-refractivity contribution is 5.93. The Labute approximate surface area is 154 Å². The first-order valence-corrected chi connectivity index (χ1v) is 9.02. The molecule has 0 aliphatic carbocycles. The molecular weight excluding hydrogens is 324 g/mol. The van der Waals surface area contributed by atoms with Gasteiger partial charge >= 0.3 is 0 Å². The highest BCUT2D eigenvalue weighted by Crippen LogP contribution is 2.28. The minimum atomic E-state index is 0.0244. The van der Waals surface area contributed by atoms with Crippen molar-refractivity contribution >= 4 is 11.6 Å². The van der Waals surface area contributed by atoms with E-state index in [1.165, 1.54) is 0 Å². The van der Waals surface area contributed by atoms with Gasteiger partial charge in [-0.25, -0.2) is 0 Å². The lowest BCUT2D eigenvalue weighted by atomic mass is 9.90. The maximum Gasteiger partial charge on any atom is 0.238 e. The molecule has 5 nitrogen and oxygen atoms in total. The van der Waals surface area contributed by atoms with Gasteiger partial charge in [-0.2, -0.15) is 5.26 Å². The number of hydrogen-bond donors (Lipinski definition) is 1. The third kappa shape index (κ3) is 4.09. The number of carbonyl (C=O) groups excluding carboxylic acids is 1. The Morgan fingerprint density at radius 2 is 1.92 bits per heavy atom. The van der Waals surface area contributed by atoms with Gasteiger partial charge in [0.2, 0.25) is 5.91 Å². The summed E-state index contributed by atoms with van der Waals surface area (Å²) in [6.45, 7) is 6.09. The normalized spacial score (nSPS) is 15.4. The van der Waals surface area contributed by atoms with E-state index in [2.05, 4.69) is 21.3 Å². The van der Waals surface area contributed by atoms with Gasteiger partial charge in [-0.05, 0) is 63.0 Å². The fraction of sp³-hybridized carbons (Fsp3) is 0.381. The van der Waals surface area contributed by atoms with Crippen LogP contribution < -0.4 is 5.32 Å². The maximum absolute atomic E-state index is 12.4. The zero-order valence-electron chi connectivity index (χ0n) is 15.3. The molecule has 1 aromatic carbocycles. The maximum atomic E-state index is 12.4. The smallest absolute Gasteiger partial charge is 0.238 e. The van der Waals surface area contributed by atoms with Crippen molar-refractivity contribution in [1.29, 1.82) is 5.26 Å². The second-order valence-corrected chi connectivity index (χ2v) is 6.91. The molecule has 1 saturated heterocycles. The minimum absolute atomic E-state index is 0.0244. The number of carbonyl (C=O) groups is 1. The summed E-state index contributed by atoms with van der Waals surface area (Å²) in [4.78, 5) is 19.0. The fourth-order valence-corrected chi connectivity index (χ4v) is 3.60. The highest BCUT2D eigenvalue weighted by Gasteiger charge is 2.24. The molecule has 1 aliphatic rings. The fourth-order valence-electron chi connectivity index (χ4n) is 3.60.